The number of carbonyl (C=O) groups excluding carboxylic acids is 1. The normalized spacial score (nSPS) is 16.7. The second-order valence-corrected chi connectivity index (χ2v) is 7.76. The number of Topliss-reactive ketones (excluding diaryl/α,β-unsaturated/α-hetero) is 1. The van der Waals surface area contributed by atoms with Gasteiger partial charge in [0.25, 0.3) is 0 Å². The van der Waals surface area contributed by atoms with Crippen LogP contribution in [0.3, 0.4) is 0 Å². The number of hydrogen-bond acceptors (Lipinski definition) is 2. The van der Waals surface area contributed by atoms with Crippen molar-refractivity contribution in [3.05, 3.63) is 95.1 Å². The number of benzene rings is 3. The lowest BCUT2D eigenvalue weighted by Crippen LogP contribution is -2.14. The minimum Gasteiger partial charge on any atom is -0.379 e. The summed E-state index contributed by atoms with van der Waals surface area (Å²) in [6.07, 6.45) is 7.05. The molecule has 138 valence electrons. The Balaban J connectivity index is 1.54. The fraction of sp³-hybridized carbons (Fsp3) is 0.192. The summed E-state index contributed by atoms with van der Waals surface area (Å²) in [5, 5.41) is 5.75. The maximum Gasteiger partial charge on any atom is 0.168 e. The molecule has 5 rings (SSSR count). The number of ketones is 1. The van der Waals surface area contributed by atoms with Crippen LogP contribution >= 0.6 is 0 Å². The molecule has 0 saturated carbocycles. The quantitative estimate of drug-likeness (QED) is 0.559. The summed E-state index contributed by atoms with van der Waals surface area (Å²) in [4.78, 5) is 12.9. The van der Waals surface area contributed by atoms with Crippen molar-refractivity contribution < 1.29 is 4.79 Å². The van der Waals surface area contributed by atoms with Gasteiger partial charge in [0.1, 0.15) is 0 Å². The topological polar surface area (TPSA) is 29.1 Å². The van der Waals surface area contributed by atoms with Crippen LogP contribution < -0.4 is 5.32 Å². The molecule has 2 aliphatic rings. The smallest absolute Gasteiger partial charge is 0.168 e. The molecule has 0 aliphatic heterocycles. The van der Waals surface area contributed by atoms with Gasteiger partial charge >= 0.3 is 0 Å². The molecule has 28 heavy (non-hydrogen) atoms. The molecule has 0 amide bonds. The van der Waals surface area contributed by atoms with E-state index in [0.29, 0.717) is 6.42 Å². The van der Waals surface area contributed by atoms with Gasteiger partial charge in [0, 0.05) is 23.7 Å². The van der Waals surface area contributed by atoms with Gasteiger partial charge in [-0.15, -0.1) is 0 Å². The largest absolute Gasteiger partial charge is 0.379 e. The van der Waals surface area contributed by atoms with Gasteiger partial charge in [0.2, 0.25) is 0 Å². The first-order valence-electron chi connectivity index (χ1n) is 10.0. The fourth-order valence-electron chi connectivity index (χ4n) is 4.48. The van der Waals surface area contributed by atoms with Gasteiger partial charge in [-0.2, -0.15) is 0 Å². The van der Waals surface area contributed by atoms with E-state index < -0.39 is 0 Å². The van der Waals surface area contributed by atoms with Crippen LogP contribution in [-0.4, -0.2) is 5.78 Å². The van der Waals surface area contributed by atoms with Crippen molar-refractivity contribution in [2.45, 2.75) is 32.2 Å². The molecule has 1 atom stereocenters. The highest BCUT2D eigenvalue weighted by atomic mass is 16.1. The fourth-order valence-corrected chi connectivity index (χ4v) is 4.48. The first-order chi connectivity index (χ1) is 13.7. The van der Waals surface area contributed by atoms with Crippen molar-refractivity contribution in [3.63, 3.8) is 0 Å². The maximum absolute atomic E-state index is 12.9. The summed E-state index contributed by atoms with van der Waals surface area (Å²) in [5.41, 5.74) is 6.90. The van der Waals surface area contributed by atoms with Crippen molar-refractivity contribution >= 4 is 27.8 Å². The number of anilines is 1. The lowest BCUT2D eigenvalue weighted by atomic mass is 9.79. The molecular formula is C26H23NO. The molecule has 2 heteroatoms. The molecule has 1 N–H and O–H groups in total. The minimum absolute atomic E-state index is 0.220. The van der Waals surface area contributed by atoms with E-state index in [2.05, 4.69) is 79.0 Å². The number of allylic oxidation sites excluding steroid dienone is 4. The maximum atomic E-state index is 12.9. The number of hydrogen-bond donors (Lipinski definition) is 1. The van der Waals surface area contributed by atoms with Gasteiger partial charge in [-0.3, -0.25) is 4.79 Å². The number of fused-ring (bicyclic) bond motifs is 4. The van der Waals surface area contributed by atoms with Crippen LogP contribution in [0.25, 0.3) is 16.3 Å². The Labute approximate surface area is 165 Å². The molecule has 3 aromatic carbocycles. The van der Waals surface area contributed by atoms with Crippen molar-refractivity contribution in [3.8, 4) is 0 Å². The molecular weight excluding hydrogens is 342 g/mol. The van der Waals surface area contributed by atoms with E-state index in [1.807, 2.05) is 6.07 Å². The van der Waals surface area contributed by atoms with Crippen LogP contribution in [0.4, 0.5) is 5.69 Å². The highest BCUT2D eigenvalue weighted by Crippen LogP contribution is 2.40. The van der Waals surface area contributed by atoms with Crippen LogP contribution in [0, 0.1) is 0 Å². The van der Waals surface area contributed by atoms with E-state index >= 15 is 0 Å². The van der Waals surface area contributed by atoms with Crippen LogP contribution in [0.15, 0.2) is 78.4 Å². The van der Waals surface area contributed by atoms with E-state index in [9.17, 15) is 4.79 Å². The Hall–Kier alpha value is -3.13. The Kier molecular flexibility index (Phi) is 4.12. The minimum atomic E-state index is 0.220. The van der Waals surface area contributed by atoms with E-state index in [1.165, 1.54) is 16.7 Å². The summed E-state index contributed by atoms with van der Waals surface area (Å²) in [7, 11) is 0. The summed E-state index contributed by atoms with van der Waals surface area (Å²) in [6, 6.07) is 21.3. The number of carbonyl (C=O) groups is 1. The van der Waals surface area contributed by atoms with E-state index in [0.717, 1.165) is 40.4 Å². The van der Waals surface area contributed by atoms with Crippen LogP contribution in [-0.2, 0) is 0 Å². The van der Waals surface area contributed by atoms with Gasteiger partial charge in [-0.1, -0.05) is 66.3 Å². The second-order valence-electron chi connectivity index (χ2n) is 7.76. The molecule has 3 aromatic rings. The van der Waals surface area contributed by atoms with Gasteiger partial charge in [-0.05, 0) is 59.4 Å². The summed E-state index contributed by atoms with van der Waals surface area (Å²) < 4.78 is 0. The highest BCUT2D eigenvalue weighted by molar-refractivity contribution is 6.16. The Morgan fingerprint density at radius 3 is 2.71 bits per heavy atom. The molecule has 1 unspecified atom stereocenters. The number of rotatable bonds is 3. The first-order valence-corrected chi connectivity index (χ1v) is 10.0. The van der Waals surface area contributed by atoms with E-state index in [4.69, 9.17) is 0 Å². The Bertz CT molecular complexity index is 1140. The Morgan fingerprint density at radius 1 is 1.00 bits per heavy atom. The monoisotopic (exact) mass is 365 g/mol. The predicted octanol–water partition coefficient (Wildman–Crippen LogP) is 6.70. The lowest BCUT2D eigenvalue weighted by molar-refractivity contribution is 0.0992. The third-order valence-corrected chi connectivity index (χ3v) is 5.92. The van der Waals surface area contributed by atoms with Crippen molar-refractivity contribution in [1.82, 2.24) is 0 Å². The average Bonchev–Trinajstić information content (AvgIpc) is 2.74. The highest BCUT2D eigenvalue weighted by Gasteiger charge is 2.26. The molecule has 0 heterocycles. The molecule has 0 saturated heterocycles. The van der Waals surface area contributed by atoms with Crippen molar-refractivity contribution in [1.29, 1.82) is 0 Å². The van der Waals surface area contributed by atoms with E-state index in [1.54, 1.807) is 0 Å². The van der Waals surface area contributed by atoms with Gasteiger partial charge in [0.15, 0.2) is 5.78 Å². The third kappa shape index (κ3) is 2.86. The standard InChI is InChI=1S/C26H23NO/c1-17(18-7-3-2-4-8-18)27-21-12-14-23-20(15-21)11-13-24-22-10-6-5-9-19(22)16-25(28)26(23)24/h2-4,6-8,10-15,17,27H,5,9,16H2,1H3. The third-order valence-electron chi connectivity index (χ3n) is 5.92. The van der Waals surface area contributed by atoms with Crippen molar-refractivity contribution in [2.24, 2.45) is 0 Å². The summed E-state index contributed by atoms with van der Waals surface area (Å²) in [6.45, 7) is 2.17. The zero-order valence-electron chi connectivity index (χ0n) is 16.0. The number of nitrogens with one attached hydrogen (secondary N) is 1. The predicted molar refractivity (Wildman–Crippen MR) is 117 cm³/mol. The summed E-state index contributed by atoms with van der Waals surface area (Å²) >= 11 is 0. The molecule has 2 aliphatic carbocycles. The molecule has 0 fully saturated rings. The molecule has 0 radical (unpaired) electrons. The Morgan fingerprint density at radius 2 is 1.86 bits per heavy atom. The van der Waals surface area contributed by atoms with Crippen LogP contribution in [0.2, 0.25) is 0 Å². The summed E-state index contributed by atoms with van der Waals surface area (Å²) in [5.74, 6) is 0.257. The van der Waals surface area contributed by atoms with Gasteiger partial charge < -0.3 is 5.32 Å². The molecule has 2 nitrogen and oxygen atoms in total. The SMILES string of the molecule is CC(Nc1ccc2c3c(ccc2c1)C1=C(CCC=C1)CC3=O)c1ccccc1. The van der Waals surface area contributed by atoms with Crippen LogP contribution in [0.5, 0.6) is 0 Å². The second kappa shape index (κ2) is 6.79. The first kappa shape index (κ1) is 17.0. The average molecular weight is 365 g/mol. The zero-order chi connectivity index (χ0) is 19.1. The van der Waals surface area contributed by atoms with Crippen molar-refractivity contribution in [2.75, 3.05) is 5.32 Å². The van der Waals surface area contributed by atoms with Gasteiger partial charge in [0.05, 0.1) is 0 Å². The lowest BCUT2D eigenvalue weighted by Gasteiger charge is -2.24. The molecule has 0 spiro atoms. The molecule has 0 bridgehead atoms. The van der Waals surface area contributed by atoms with Crippen LogP contribution in [0.1, 0.15) is 53.7 Å². The zero-order valence-corrected chi connectivity index (χ0v) is 16.0. The molecule has 0 aromatic heterocycles. The van der Waals surface area contributed by atoms with Gasteiger partial charge in [-0.25, -0.2) is 0 Å². The van der Waals surface area contributed by atoms with E-state index in [-0.39, 0.29) is 11.8 Å².